The summed E-state index contributed by atoms with van der Waals surface area (Å²) in [4.78, 5) is 16.1. The van der Waals surface area contributed by atoms with Crippen LogP contribution in [0.3, 0.4) is 0 Å². The summed E-state index contributed by atoms with van der Waals surface area (Å²) >= 11 is 1.57. The highest BCUT2D eigenvalue weighted by Gasteiger charge is 2.09. The van der Waals surface area contributed by atoms with Gasteiger partial charge in [0.15, 0.2) is 0 Å². The van der Waals surface area contributed by atoms with E-state index in [9.17, 15) is 9.90 Å². The van der Waals surface area contributed by atoms with E-state index in [4.69, 9.17) is 0 Å². The number of benzene rings is 1. The Morgan fingerprint density at radius 2 is 2.10 bits per heavy atom. The topological polar surface area (TPSA) is 74.2 Å². The molecule has 0 aliphatic heterocycles. The van der Waals surface area contributed by atoms with Crippen LogP contribution in [0.25, 0.3) is 10.2 Å². The second kappa shape index (κ2) is 7.38. The Kier molecular flexibility index (Phi) is 5.52. The number of carbonyl (C=O) groups excluding carboxylic acids is 1. The Hall–Kier alpha value is -1.66. The number of aliphatic hydroxyl groups is 1. The number of hydrogen-bond donors (Lipinski definition) is 3. The summed E-state index contributed by atoms with van der Waals surface area (Å²) in [6.45, 7) is 4.74. The van der Waals surface area contributed by atoms with Crippen molar-refractivity contribution in [2.45, 2.75) is 32.9 Å². The lowest BCUT2D eigenvalue weighted by molar-refractivity contribution is 0.147. The fourth-order valence-corrected chi connectivity index (χ4v) is 2.96. The van der Waals surface area contributed by atoms with Gasteiger partial charge < -0.3 is 15.7 Å². The number of thiazole rings is 1. The van der Waals surface area contributed by atoms with E-state index in [0.717, 1.165) is 15.2 Å². The molecule has 0 radical (unpaired) electrons. The second-order valence-electron chi connectivity index (χ2n) is 5.42. The quantitative estimate of drug-likeness (QED) is 0.767. The number of carbonyl (C=O) groups is 1. The van der Waals surface area contributed by atoms with Gasteiger partial charge in [0.1, 0.15) is 5.01 Å². The summed E-state index contributed by atoms with van der Waals surface area (Å²) in [7, 11) is 0. The molecule has 0 saturated heterocycles. The van der Waals surface area contributed by atoms with E-state index >= 15 is 0 Å². The van der Waals surface area contributed by atoms with Gasteiger partial charge in [-0.1, -0.05) is 26.0 Å². The number of urea groups is 1. The Morgan fingerprint density at radius 1 is 1.33 bits per heavy atom. The van der Waals surface area contributed by atoms with Gasteiger partial charge in [0.05, 0.1) is 22.9 Å². The zero-order valence-corrected chi connectivity index (χ0v) is 13.1. The van der Waals surface area contributed by atoms with E-state index in [0.29, 0.717) is 18.9 Å². The number of rotatable bonds is 6. The highest BCUT2D eigenvalue weighted by atomic mass is 32.1. The maximum atomic E-state index is 11.7. The number of para-hydroxylation sites is 1. The molecule has 1 aromatic carbocycles. The molecule has 6 heteroatoms. The molecule has 21 heavy (non-hydrogen) atoms. The van der Waals surface area contributed by atoms with Crippen molar-refractivity contribution in [3.05, 3.63) is 29.3 Å². The molecule has 1 unspecified atom stereocenters. The van der Waals surface area contributed by atoms with Crippen LogP contribution in [-0.2, 0) is 6.54 Å². The first-order chi connectivity index (χ1) is 10.0. The highest BCUT2D eigenvalue weighted by Crippen LogP contribution is 2.21. The molecule has 0 saturated carbocycles. The van der Waals surface area contributed by atoms with Crippen molar-refractivity contribution < 1.29 is 9.90 Å². The molecule has 0 bridgehead atoms. The molecule has 2 amide bonds. The molecule has 3 N–H and O–H groups in total. The average molecular weight is 307 g/mol. The van der Waals surface area contributed by atoms with Gasteiger partial charge in [0.25, 0.3) is 0 Å². The predicted octanol–water partition coefficient (Wildman–Crippen LogP) is 2.50. The van der Waals surface area contributed by atoms with Crippen molar-refractivity contribution in [3.63, 3.8) is 0 Å². The molecule has 2 rings (SSSR count). The van der Waals surface area contributed by atoms with Crippen molar-refractivity contribution in [2.24, 2.45) is 5.92 Å². The van der Waals surface area contributed by atoms with Gasteiger partial charge in [0, 0.05) is 6.54 Å². The molecule has 5 nitrogen and oxygen atoms in total. The number of fused-ring (bicyclic) bond motifs is 1. The van der Waals surface area contributed by atoms with Gasteiger partial charge in [-0.25, -0.2) is 9.78 Å². The van der Waals surface area contributed by atoms with Crippen LogP contribution in [-0.4, -0.2) is 28.8 Å². The van der Waals surface area contributed by atoms with E-state index in [1.165, 1.54) is 0 Å². The molecule has 0 aliphatic rings. The Morgan fingerprint density at radius 3 is 2.81 bits per heavy atom. The fraction of sp³-hybridized carbons (Fsp3) is 0.467. The third-order valence-corrected chi connectivity index (χ3v) is 4.02. The van der Waals surface area contributed by atoms with Crippen LogP contribution in [0.15, 0.2) is 24.3 Å². The van der Waals surface area contributed by atoms with Crippen LogP contribution in [0, 0.1) is 5.92 Å². The highest BCUT2D eigenvalue weighted by molar-refractivity contribution is 7.18. The predicted molar refractivity (Wildman–Crippen MR) is 85.3 cm³/mol. The van der Waals surface area contributed by atoms with Crippen molar-refractivity contribution >= 4 is 27.6 Å². The number of nitrogens with one attached hydrogen (secondary N) is 2. The number of hydrogen-bond acceptors (Lipinski definition) is 4. The van der Waals surface area contributed by atoms with Crippen molar-refractivity contribution in [1.29, 1.82) is 0 Å². The van der Waals surface area contributed by atoms with E-state index in [1.54, 1.807) is 11.3 Å². The minimum atomic E-state index is -0.502. The van der Waals surface area contributed by atoms with Gasteiger partial charge in [-0.2, -0.15) is 0 Å². The first kappa shape index (κ1) is 15.7. The lowest BCUT2D eigenvalue weighted by Crippen LogP contribution is -2.39. The second-order valence-corrected chi connectivity index (χ2v) is 6.54. The zero-order chi connectivity index (χ0) is 15.2. The normalized spacial score (nSPS) is 12.6. The van der Waals surface area contributed by atoms with Crippen molar-refractivity contribution in [2.75, 3.05) is 6.54 Å². The zero-order valence-electron chi connectivity index (χ0n) is 12.3. The van der Waals surface area contributed by atoms with Crippen LogP contribution >= 0.6 is 11.3 Å². The summed E-state index contributed by atoms with van der Waals surface area (Å²) in [5.74, 6) is 0.410. The van der Waals surface area contributed by atoms with Crippen LogP contribution in [0.2, 0.25) is 0 Å². The van der Waals surface area contributed by atoms with Crippen molar-refractivity contribution in [3.8, 4) is 0 Å². The molecule has 1 heterocycles. The first-order valence-electron chi connectivity index (χ1n) is 7.09. The summed E-state index contributed by atoms with van der Waals surface area (Å²) in [6, 6.07) is 7.61. The first-order valence-corrected chi connectivity index (χ1v) is 7.90. The third kappa shape index (κ3) is 4.99. The third-order valence-electron chi connectivity index (χ3n) is 2.98. The lowest BCUT2D eigenvalue weighted by atomic mass is 10.1. The average Bonchev–Trinajstić information content (AvgIpc) is 2.85. The standard InChI is InChI=1S/C15H21N3O2S/c1-10(2)7-11(19)8-16-15(20)17-9-14-18-12-5-3-4-6-13(12)21-14/h3-6,10-11,19H,7-9H2,1-2H3,(H2,16,17,20). The smallest absolute Gasteiger partial charge is 0.315 e. The largest absolute Gasteiger partial charge is 0.391 e. The lowest BCUT2D eigenvalue weighted by Gasteiger charge is -2.14. The number of nitrogens with zero attached hydrogens (tertiary/aromatic N) is 1. The summed E-state index contributed by atoms with van der Waals surface area (Å²) in [6.07, 6.45) is 0.177. The Balaban J connectivity index is 1.76. The van der Waals surface area contributed by atoms with E-state index < -0.39 is 6.10 Å². The van der Waals surface area contributed by atoms with Gasteiger partial charge in [-0.15, -0.1) is 11.3 Å². The summed E-state index contributed by atoms with van der Waals surface area (Å²) in [5.41, 5.74) is 0.951. The van der Waals surface area contributed by atoms with Crippen molar-refractivity contribution in [1.82, 2.24) is 15.6 Å². The molecule has 0 fully saturated rings. The molecule has 1 atom stereocenters. The molecular formula is C15H21N3O2S. The summed E-state index contributed by atoms with van der Waals surface area (Å²) < 4.78 is 1.11. The molecule has 2 aromatic rings. The number of aromatic nitrogens is 1. The van der Waals surface area contributed by atoms with Crippen LogP contribution in [0.5, 0.6) is 0 Å². The molecular weight excluding hydrogens is 286 g/mol. The van der Waals surface area contributed by atoms with Crippen LogP contribution < -0.4 is 10.6 Å². The van der Waals surface area contributed by atoms with E-state index in [-0.39, 0.29) is 12.6 Å². The van der Waals surface area contributed by atoms with Gasteiger partial charge >= 0.3 is 6.03 Å². The number of aliphatic hydroxyl groups excluding tert-OH is 1. The van der Waals surface area contributed by atoms with E-state index in [1.807, 2.05) is 38.1 Å². The minimum absolute atomic E-state index is 0.268. The maximum absolute atomic E-state index is 11.7. The maximum Gasteiger partial charge on any atom is 0.315 e. The summed E-state index contributed by atoms with van der Waals surface area (Å²) in [5, 5.41) is 16.0. The number of amides is 2. The molecule has 0 spiro atoms. The monoisotopic (exact) mass is 307 g/mol. The SMILES string of the molecule is CC(C)CC(O)CNC(=O)NCc1nc2ccccc2s1. The van der Waals surface area contributed by atoms with Gasteiger partial charge in [0.2, 0.25) is 0 Å². The van der Waals surface area contributed by atoms with Gasteiger partial charge in [-0.3, -0.25) is 0 Å². The fourth-order valence-electron chi connectivity index (χ4n) is 2.05. The Labute approximate surface area is 128 Å². The molecule has 1 aromatic heterocycles. The van der Waals surface area contributed by atoms with Gasteiger partial charge in [-0.05, 0) is 24.5 Å². The molecule has 0 aliphatic carbocycles. The minimum Gasteiger partial charge on any atom is -0.391 e. The van der Waals surface area contributed by atoms with Crippen LogP contribution in [0.1, 0.15) is 25.3 Å². The van der Waals surface area contributed by atoms with E-state index in [2.05, 4.69) is 15.6 Å². The molecule has 114 valence electrons. The Bertz CT molecular complexity index is 564. The van der Waals surface area contributed by atoms with Crippen LogP contribution in [0.4, 0.5) is 4.79 Å².